The van der Waals surface area contributed by atoms with Crippen molar-refractivity contribution in [3.8, 4) is 0 Å². The first-order valence-electron chi connectivity index (χ1n) is 9.16. The summed E-state index contributed by atoms with van der Waals surface area (Å²) < 4.78 is 1.53. The lowest BCUT2D eigenvalue weighted by molar-refractivity contribution is 0.145. The van der Waals surface area contributed by atoms with Gasteiger partial charge in [-0.3, -0.25) is 4.79 Å². The molecule has 2 amide bonds. The Bertz CT molecular complexity index is 819. The maximum Gasteiger partial charge on any atom is 0.322 e. The van der Waals surface area contributed by atoms with Gasteiger partial charge in [-0.25, -0.2) is 4.79 Å². The zero-order valence-corrected chi connectivity index (χ0v) is 15.3. The normalized spacial score (nSPS) is 15.5. The molecule has 1 fully saturated rings. The fraction of sp³-hybridized carbons (Fsp3) is 0.500. The first-order valence-corrected chi connectivity index (χ1v) is 9.16. The SMILES string of the molecule is CC(C)N(C(=O)Nc1cn(C)c(=O)c2ccccc12)C1CCCCC1. The number of aryl methyl sites for hydroxylation is 1. The number of rotatable bonds is 3. The number of fused-ring (bicyclic) bond motifs is 1. The molecule has 25 heavy (non-hydrogen) atoms. The molecule has 0 unspecified atom stereocenters. The summed E-state index contributed by atoms with van der Waals surface area (Å²) in [4.78, 5) is 27.3. The van der Waals surface area contributed by atoms with Crippen molar-refractivity contribution in [2.75, 3.05) is 5.32 Å². The number of hydrogen-bond acceptors (Lipinski definition) is 2. The summed E-state index contributed by atoms with van der Waals surface area (Å²) in [5.41, 5.74) is 0.630. The number of benzene rings is 1. The fourth-order valence-corrected chi connectivity index (χ4v) is 3.88. The summed E-state index contributed by atoms with van der Waals surface area (Å²) in [5, 5.41) is 4.46. The van der Waals surface area contributed by atoms with Gasteiger partial charge in [0.1, 0.15) is 0 Å². The van der Waals surface area contributed by atoms with Crippen LogP contribution in [0, 0.1) is 0 Å². The second-order valence-corrected chi connectivity index (χ2v) is 7.23. The van der Waals surface area contributed by atoms with Crippen LogP contribution in [0.15, 0.2) is 35.3 Å². The molecule has 1 saturated carbocycles. The molecule has 5 nitrogen and oxygen atoms in total. The third kappa shape index (κ3) is 3.55. The summed E-state index contributed by atoms with van der Waals surface area (Å²) in [5.74, 6) is 0. The van der Waals surface area contributed by atoms with Crippen LogP contribution < -0.4 is 10.9 Å². The van der Waals surface area contributed by atoms with E-state index < -0.39 is 0 Å². The van der Waals surface area contributed by atoms with E-state index in [2.05, 4.69) is 19.2 Å². The monoisotopic (exact) mass is 341 g/mol. The molecule has 1 aliphatic rings. The zero-order chi connectivity index (χ0) is 18.0. The van der Waals surface area contributed by atoms with Crippen molar-refractivity contribution in [3.63, 3.8) is 0 Å². The number of carbonyl (C=O) groups excluding carboxylic acids is 1. The lowest BCUT2D eigenvalue weighted by atomic mass is 9.93. The van der Waals surface area contributed by atoms with Crippen molar-refractivity contribution in [2.24, 2.45) is 7.05 Å². The maximum atomic E-state index is 13.0. The number of anilines is 1. The van der Waals surface area contributed by atoms with E-state index in [9.17, 15) is 9.59 Å². The predicted octanol–water partition coefficient (Wildman–Crippen LogP) is 4.11. The third-order valence-electron chi connectivity index (χ3n) is 5.09. The minimum atomic E-state index is -0.0781. The number of urea groups is 1. The highest BCUT2D eigenvalue weighted by molar-refractivity contribution is 6.01. The predicted molar refractivity (Wildman–Crippen MR) is 102 cm³/mol. The lowest BCUT2D eigenvalue weighted by Gasteiger charge is -2.37. The van der Waals surface area contributed by atoms with Gasteiger partial charge in [0, 0.05) is 36.1 Å². The minimum absolute atomic E-state index is 0.0541. The van der Waals surface area contributed by atoms with Crippen LogP contribution in [0.1, 0.15) is 46.0 Å². The Morgan fingerprint density at radius 3 is 2.44 bits per heavy atom. The van der Waals surface area contributed by atoms with Gasteiger partial charge in [-0.1, -0.05) is 37.5 Å². The Labute approximate surface area is 148 Å². The van der Waals surface area contributed by atoms with Gasteiger partial charge in [-0.15, -0.1) is 0 Å². The fourth-order valence-electron chi connectivity index (χ4n) is 3.88. The molecule has 0 bridgehead atoms. The van der Waals surface area contributed by atoms with Gasteiger partial charge in [0.05, 0.1) is 5.69 Å². The summed E-state index contributed by atoms with van der Waals surface area (Å²) in [7, 11) is 1.71. The number of amides is 2. The molecule has 0 saturated heterocycles. The van der Waals surface area contributed by atoms with Crippen LogP contribution in [0.2, 0.25) is 0 Å². The number of carbonyl (C=O) groups is 1. The van der Waals surface area contributed by atoms with E-state index in [4.69, 9.17) is 0 Å². The van der Waals surface area contributed by atoms with Gasteiger partial charge in [0.15, 0.2) is 0 Å². The molecule has 0 radical (unpaired) electrons. The van der Waals surface area contributed by atoms with Crippen molar-refractivity contribution in [1.29, 1.82) is 0 Å². The van der Waals surface area contributed by atoms with E-state index in [1.807, 2.05) is 23.1 Å². The van der Waals surface area contributed by atoms with Gasteiger partial charge >= 0.3 is 6.03 Å². The molecular formula is C20H27N3O2. The van der Waals surface area contributed by atoms with Crippen LogP contribution in [0.4, 0.5) is 10.5 Å². The van der Waals surface area contributed by atoms with E-state index in [0.717, 1.165) is 18.2 Å². The van der Waals surface area contributed by atoms with Crippen LogP contribution >= 0.6 is 0 Å². The summed E-state index contributed by atoms with van der Waals surface area (Å²) in [6.07, 6.45) is 7.48. The minimum Gasteiger partial charge on any atom is -0.319 e. The van der Waals surface area contributed by atoms with Crippen molar-refractivity contribution in [1.82, 2.24) is 9.47 Å². The second-order valence-electron chi connectivity index (χ2n) is 7.23. The van der Waals surface area contributed by atoms with E-state index in [1.54, 1.807) is 19.3 Å². The number of nitrogens with zero attached hydrogens (tertiary/aromatic N) is 2. The second kappa shape index (κ2) is 7.30. The number of hydrogen-bond donors (Lipinski definition) is 1. The third-order valence-corrected chi connectivity index (χ3v) is 5.09. The molecule has 3 rings (SSSR count). The highest BCUT2D eigenvalue weighted by atomic mass is 16.2. The quantitative estimate of drug-likeness (QED) is 0.913. The molecule has 1 aliphatic carbocycles. The average Bonchev–Trinajstić information content (AvgIpc) is 2.60. The molecule has 5 heteroatoms. The van der Waals surface area contributed by atoms with Crippen LogP contribution in [0.5, 0.6) is 0 Å². The molecule has 0 spiro atoms. The highest BCUT2D eigenvalue weighted by Crippen LogP contribution is 2.26. The van der Waals surface area contributed by atoms with E-state index in [0.29, 0.717) is 17.1 Å². The molecule has 1 heterocycles. The van der Waals surface area contributed by atoms with Gasteiger partial charge < -0.3 is 14.8 Å². The maximum absolute atomic E-state index is 13.0. The molecule has 2 aromatic rings. The highest BCUT2D eigenvalue weighted by Gasteiger charge is 2.28. The van der Waals surface area contributed by atoms with E-state index in [1.165, 1.54) is 23.8 Å². The Hall–Kier alpha value is -2.30. The first-order chi connectivity index (χ1) is 12.0. The standard InChI is InChI=1S/C20H27N3O2/c1-14(2)23(15-9-5-4-6-10-15)20(25)21-18-13-22(3)19(24)17-12-8-7-11-16(17)18/h7-8,11-15H,4-6,9-10H2,1-3H3,(H,21,25). The summed E-state index contributed by atoms with van der Waals surface area (Å²) in [6.45, 7) is 4.13. The zero-order valence-electron chi connectivity index (χ0n) is 15.3. The van der Waals surface area contributed by atoms with Gasteiger partial charge in [-0.05, 0) is 32.8 Å². The Kier molecular flexibility index (Phi) is 5.11. The lowest BCUT2D eigenvalue weighted by Crippen LogP contribution is -2.47. The van der Waals surface area contributed by atoms with Gasteiger partial charge in [0.25, 0.3) is 5.56 Å². The number of aromatic nitrogens is 1. The Morgan fingerprint density at radius 1 is 1.16 bits per heavy atom. The number of nitrogens with one attached hydrogen (secondary N) is 1. The summed E-state index contributed by atoms with van der Waals surface area (Å²) in [6, 6.07) is 7.78. The van der Waals surface area contributed by atoms with Crippen LogP contribution in [0.25, 0.3) is 10.8 Å². The molecule has 1 aromatic carbocycles. The van der Waals surface area contributed by atoms with Gasteiger partial charge in [0.2, 0.25) is 0 Å². The molecule has 0 atom stereocenters. The van der Waals surface area contributed by atoms with E-state index in [-0.39, 0.29) is 17.6 Å². The van der Waals surface area contributed by atoms with Gasteiger partial charge in [-0.2, -0.15) is 0 Å². The Balaban J connectivity index is 1.92. The smallest absolute Gasteiger partial charge is 0.319 e. The number of pyridine rings is 1. The molecule has 1 N–H and O–H groups in total. The van der Waals surface area contributed by atoms with Crippen LogP contribution in [-0.2, 0) is 7.05 Å². The summed E-state index contributed by atoms with van der Waals surface area (Å²) >= 11 is 0. The van der Waals surface area contributed by atoms with Crippen molar-refractivity contribution in [3.05, 3.63) is 40.8 Å². The average molecular weight is 341 g/mol. The first kappa shape index (κ1) is 17.5. The Morgan fingerprint density at radius 2 is 1.80 bits per heavy atom. The van der Waals surface area contributed by atoms with Crippen LogP contribution in [0.3, 0.4) is 0 Å². The molecular weight excluding hydrogens is 314 g/mol. The van der Waals surface area contributed by atoms with Crippen molar-refractivity contribution < 1.29 is 4.79 Å². The van der Waals surface area contributed by atoms with E-state index >= 15 is 0 Å². The van der Waals surface area contributed by atoms with Crippen molar-refractivity contribution in [2.45, 2.75) is 58.0 Å². The van der Waals surface area contributed by atoms with Crippen molar-refractivity contribution >= 4 is 22.5 Å². The topological polar surface area (TPSA) is 54.3 Å². The largest absolute Gasteiger partial charge is 0.322 e. The van der Waals surface area contributed by atoms with Crippen LogP contribution in [-0.4, -0.2) is 27.6 Å². The molecule has 1 aromatic heterocycles. The molecule has 0 aliphatic heterocycles. The molecule has 134 valence electrons.